The van der Waals surface area contributed by atoms with Crippen molar-refractivity contribution in [2.75, 3.05) is 0 Å². The van der Waals surface area contributed by atoms with Crippen molar-refractivity contribution in [3.05, 3.63) is 128 Å². The second kappa shape index (κ2) is 11.3. The Hall–Kier alpha value is -4.74. The van der Waals surface area contributed by atoms with Crippen molar-refractivity contribution in [2.45, 2.75) is 0 Å². The van der Waals surface area contributed by atoms with Gasteiger partial charge in [-0.25, -0.2) is 0 Å². The van der Waals surface area contributed by atoms with Crippen LogP contribution in [-0.4, -0.2) is 15.2 Å². The minimum absolute atomic E-state index is 0. The molecule has 0 bridgehead atoms. The van der Waals surface area contributed by atoms with Gasteiger partial charge in [-0.15, -0.1) is 11.3 Å². The van der Waals surface area contributed by atoms with Crippen LogP contribution in [0.4, 0.5) is 0 Å². The average Bonchev–Trinajstić information content (AvgIpc) is 3.59. The second-order valence-corrected chi connectivity index (χ2v) is 11.8. The Kier molecular flexibility index (Phi) is 7.36. The first-order valence-electron chi connectivity index (χ1n) is 13.2. The molecule has 42 heavy (non-hydrogen) atoms. The number of hydrogen-bond donors (Lipinski definition) is 0. The molecule has 0 unspecified atom stereocenters. The van der Waals surface area contributed by atoms with Crippen LogP contribution in [0.2, 0.25) is 0 Å². The van der Waals surface area contributed by atoms with Crippen molar-refractivity contribution in [1.29, 1.82) is 0 Å². The number of aromatic amines is 1. The minimum Gasteiger partial charge on any atom is -0.872 e. The fourth-order valence-corrected chi connectivity index (χ4v) is 7.30. The topological polar surface area (TPSA) is 64.0 Å². The van der Waals surface area contributed by atoms with Crippen molar-refractivity contribution in [3.63, 3.8) is 0 Å². The number of H-pyrrole nitrogens is 1. The van der Waals surface area contributed by atoms with Gasteiger partial charge in [0.15, 0.2) is 10.6 Å². The van der Waals surface area contributed by atoms with E-state index >= 15 is 0 Å². The van der Waals surface area contributed by atoms with Crippen molar-refractivity contribution >= 4 is 74.8 Å². The van der Waals surface area contributed by atoms with E-state index in [2.05, 4.69) is 36.3 Å². The molecule has 0 aliphatic heterocycles. The van der Waals surface area contributed by atoms with Gasteiger partial charge < -0.3 is 14.8 Å². The summed E-state index contributed by atoms with van der Waals surface area (Å²) in [6.45, 7) is 0. The van der Waals surface area contributed by atoms with Crippen molar-refractivity contribution in [2.24, 2.45) is 0 Å². The Morgan fingerprint density at radius 2 is 1.24 bits per heavy atom. The minimum atomic E-state index is 0. The van der Waals surface area contributed by atoms with E-state index in [0.717, 1.165) is 52.9 Å². The van der Waals surface area contributed by atoms with Crippen molar-refractivity contribution in [3.8, 4) is 32.6 Å². The van der Waals surface area contributed by atoms with E-state index in [1.807, 2.05) is 102 Å². The molecule has 2 heterocycles. The van der Waals surface area contributed by atoms with Gasteiger partial charge in [0, 0.05) is 17.8 Å². The molecule has 3 N–H and O–H groups in total. The molecule has 0 saturated heterocycles. The summed E-state index contributed by atoms with van der Waals surface area (Å²) in [5.74, 6) is 0.656. The standard InChI is InChI=1S/C18H13NOS.C17H11NOS.Be/c1-19-15-8-4-5-9-16(15)21-18(19)14-11-10-12-6-2-3-7-13(12)17(14)20;19-16-12-6-2-1-5-11(12)9-10-13(16)17-18-14-7-3-4-8-15(14)20-17;/h2-11,20H,1H2;1-10,19H;/q;;+2/p+1. The summed E-state index contributed by atoms with van der Waals surface area (Å²) in [6.07, 6.45) is 0. The quantitative estimate of drug-likeness (QED) is 0.0918. The third kappa shape index (κ3) is 4.76. The molecule has 0 radical (unpaired) electrons. The van der Waals surface area contributed by atoms with E-state index in [1.165, 1.54) is 4.70 Å². The van der Waals surface area contributed by atoms with Gasteiger partial charge in [0.25, 0.3) is 10.8 Å². The predicted molar refractivity (Wildman–Crippen MR) is 175 cm³/mol. The van der Waals surface area contributed by atoms with Crippen LogP contribution in [0.5, 0.6) is 11.5 Å². The fourth-order valence-electron chi connectivity index (χ4n) is 5.15. The normalized spacial score (nSPS) is 11.0. The fraction of sp³-hybridized carbons (Fsp3) is 0. The molecule has 7 heteroatoms. The maximum atomic E-state index is 12.7. The molecule has 0 aliphatic rings. The molecular formula is C35H25BeN2O2S2+3. The molecule has 198 valence electrons. The molecule has 6 aromatic carbocycles. The first-order valence-corrected chi connectivity index (χ1v) is 14.8. The number of rotatable bonds is 2. The zero-order valence-corrected chi connectivity index (χ0v) is 24.3. The first-order chi connectivity index (χ1) is 20.1. The molecule has 0 spiro atoms. The summed E-state index contributed by atoms with van der Waals surface area (Å²) in [6, 6.07) is 40.0. The van der Waals surface area contributed by atoms with Gasteiger partial charge in [-0.2, -0.15) is 4.98 Å². The molecule has 0 aliphatic carbocycles. The molecule has 2 aromatic heterocycles. The molecule has 0 atom stereocenters. The van der Waals surface area contributed by atoms with Crippen molar-refractivity contribution < 1.29 is 19.8 Å². The third-order valence-electron chi connectivity index (χ3n) is 7.24. The van der Waals surface area contributed by atoms with Crippen LogP contribution in [0, 0.1) is 7.05 Å². The molecule has 0 amide bonds. The maximum absolute atomic E-state index is 12.7. The summed E-state index contributed by atoms with van der Waals surface area (Å²) >= 11 is 3.30. The van der Waals surface area contributed by atoms with E-state index in [0.29, 0.717) is 11.3 Å². The Bertz CT molecular complexity index is 2190. The second-order valence-electron chi connectivity index (χ2n) is 9.73. The van der Waals surface area contributed by atoms with Gasteiger partial charge in [-0.1, -0.05) is 108 Å². The SMILES string of the molecule is [Be+2].[CH2-][n+]1c(-c2ccc3ccccc3c2[O-])sc2ccccc21.[OH2+]c1c(-c2[nH+]c3ccccc3s2)ccc2ccccc12. The van der Waals surface area contributed by atoms with Gasteiger partial charge in [-0.3, -0.25) is 0 Å². The Balaban J connectivity index is 0.000000147. The molecule has 8 aromatic rings. The maximum Gasteiger partial charge on any atom is 2.00 e. The number of hydrogen-bond acceptors (Lipinski definition) is 3. The smallest absolute Gasteiger partial charge is 0.872 e. The number of nitrogens with one attached hydrogen (secondary N) is 1. The van der Waals surface area contributed by atoms with E-state index < -0.39 is 0 Å². The largest absolute Gasteiger partial charge is 2.00 e. The Morgan fingerprint density at radius 1 is 0.643 bits per heavy atom. The Morgan fingerprint density at radius 3 is 1.98 bits per heavy atom. The van der Waals surface area contributed by atoms with Gasteiger partial charge in [0.1, 0.15) is 10.2 Å². The third-order valence-corrected chi connectivity index (χ3v) is 9.54. The monoisotopic (exact) mass is 578 g/mol. The van der Waals surface area contributed by atoms with Gasteiger partial charge in [0.2, 0.25) is 5.52 Å². The number of para-hydroxylation sites is 2. The van der Waals surface area contributed by atoms with Crippen LogP contribution in [-0.2, 0) is 0 Å². The average molecular weight is 579 g/mol. The van der Waals surface area contributed by atoms with Gasteiger partial charge in [0.05, 0.1) is 5.39 Å². The van der Waals surface area contributed by atoms with Crippen LogP contribution in [0.1, 0.15) is 0 Å². The van der Waals surface area contributed by atoms with E-state index in [4.69, 9.17) is 5.11 Å². The number of thiazole rings is 2. The number of nitrogens with zero attached hydrogens (tertiary/aromatic N) is 1. The molecule has 0 fully saturated rings. The van der Waals surface area contributed by atoms with Crippen molar-refractivity contribution in [1.82, 2.24) is 0 Å². The molecule has 8 rings (SSSR count). The Labute approximate surface area is 254 Å². The molecule has 0 saturated carbocycles. The summed E-state index contributed by atoms with van der Waals surface area (Å²) in [5, 5.41) is 26.9. The number of fused-ring (bicyclic) bond motifs is 4. The number of aromatic nitrogens is 2. The number of benzene rings is 6. The van der Waals surface area contributed by atoms with Crippen LogP contribution < -0.4 is 14.7 Å². The van der Waals surface area contributed by atoms with Gasteiger partial charge >= 0.3 is 10.1 Å². The van der Waals surface area contributed by atoms with E-state index in [1.54, 1.807) is 22.7 Å². The van der Waals surface area contributed by atoms with E-state index in [9.17, 15) is 5.11 Å². The van der Waals surface area contributed by atoms with Crippen LogP contribution in [0.15, 0.2) is 121 Å². The summed E-state index contributed by atoms with van der Waals surface area (Å²) < 4.78 is 4.20. The zero-order chi connectivity index (χ0) is 27.9. The van der Waals surface area contributed by atoms with Crippen LogP contribution >= 0.6 is 22.7 Å². The summed E-state index contributed by atoms with van der Waals surface area (Å²) in [7, 11) is 4.09. The van der Waals surface area contributed by atoms with E-state index in [-0.39, 0.29) is 15.9 Å². The zero-order valence-electron chi connectivity index (χ0n) is 22.6. The van der Waals surface area contributed by atoms with Crippen LogP contribution in [0.25, 0.3) is 63.1 Å². The predicted octanol–water partition coefficient (Wildman–Crippen LogP) is 7.31. The molecule has 4 nitrogen and oxygen atoms in total. The first kappa shape index (κ1) is 27.4. The summed E-state index contributed by atoms with van der Waals surface area (Å²) in [4.78, 5) is 3.42. The van der Waals surface area contributed by atoms with Gasteiger partial charge in [-0.05, 0) is 46.0 Å². The summed E-state index contributed by atoms with van der Waals surface area (Å²) in [5.41, 5.74) is 3.85. The molecular weight excluding hydrogens is 554 g/mol. The van der Waals surface area contributed by atoms with Crippen LogP contribution in [0.3, 0.4) is 0 Å².